The van der Waals surface area contributed by atoms with Gasteiger partial charge in [0.05, 0.1) is 11.3 Å². The molecule has 2 N–H and O–H groups in total. The van der Waals surface area contributed by atoms with Gasteiger partial charge >= 0.3 is 5.97 Å². The molecule has 6 rings (SSSR count). The van der Waals surface area contributed by atoms with Crippen molar-refractivity contribution in [2.24, 2.45) is 5.92 Å². The standard InChI is InChI=1S/C36H42N4O4/c41-32(28-10-4-1-5-11-28)39-25-18-35(27-39,30-12-6-2-7-13-30)17-22-38-23-19-36(20-24-38,31-14-8-3-9-15-31)34(44)37-40-21-16-29(26-40)33(42)43/h1-15,29H,16-27H2,(H,37,44)(H,42,43). The third-order valence-corrected chi connectivity index (χ3v) is 10.2. The van der Waals surface area contributed by atoms with Crippen molar-refractivity contribution in [3.63, 3.8) is 0 Å². The minimum absolute atomic E-state index is 0.0407. The number of carbonyl (C=O) groups excluding carboxylic acids is 2. The van der Waals surface area contributed by atoms with E-state index in [1.165, 1.54) is 5.56 Å². The Morgan fingerprint density at radius 3 is 2.00 bits per heavy atom. The first kappa shape index (κ1) is 30.0. The van der Waals surface area contributed by atoms with Gasteiger partial charge in [0, 0.05) is 37.2 Å². The Hall–Kier alpha value is -4.01. The first-order valence-corrected chi connectivity index (χ1v) is 15.9. The molecule has 3 aromatic rings. The van der Waals surface area contributed by atoms with Crippen LogP contribution < -0.4 is 5.43 Å². The largest absolute Gasteiger partial charge is 0.481 e. The van der Waals surface area contributed by atoms with Crippen LogP contribution >= 0.6 is 0 Å². The van der Waals surface area contributed by atoms with Crippen LogP contribution in [0.5, 0.6) is 0 Å². The van der Waals surface area contributed by atoms with E-state index in [-0.39, 0.29) is 17.2 Å². The molecule has 3 heterocycles. The van der Waals surface area contributed by atoms with Crippen molar-refractivity contribution in [1.29, 1.82) is 0 Å². The smallest absolute Gasteiger partial charge is 0.307 e. The van der Waals surface area contributed by atoms with Gasteiger partial charge in [0.2, 0.25) is 5.91 Å². The number of aliphatic carboxylic acids is 1. The number of nitrogens with zero attached hydrogens (tertiary/aromatic N) is 3. The van der Waals surface area contributed by atoms with Gasteiger partial charge < -0.3 is 14.9 Å². The van der Waals surface area contributed by atoms with Gasteiger partial charge in [-0.25, -0.2) is 5.01 Å². The van der Waals surface area contributed by atoms with Crippen molar-refractivity contribution in [3.8, 4) is 0 Å². The summed E-state index contributed by atoms with van der Waals surface area (Å²) in [5.74, 6) is -1.21. The van der Waals surface area contributed by atoms with E-state index in [9.17, 15) is 19.5 Å². The minimum Gasteiger partial charge on any atom is -0.481 e. The summed E-state index contributed by atoms with van der Waals surface area (Å²) >= 11 is 0. The number of hydrogen-bond acceptors (Lipinski definition) is 5. The Morgan fingerprint density at radius 1 is 0.773 bits per heavy atom. The normalized spacial score (nSPS) is 23.8. The lowest BCUT2D eigenvalue weighted by Gasteiger charge is -2.42. The molecule has 3 aliphatic rings. The number of hydrazine groups is 1. The van der Waals surface area contributed by atoms with E-state index in [1.807, 2.05) is 71.6 Å². The fraction of sp³-hybridized carbons (Fsp3) is 0.417. The van der Waals surface area contributed by atoms with E-state index in [1.54, 1.807) is 5.01 Å². The first-order chi connectivity index (χ1) is 21.4. The van der Waals surface area contributed by atoms with E-state index >= 15 is 0 Å². The van der Waals surface area contributed by atoms with Crippen molar-refractivity contribution in [3.05, 3.63) is 108 Å². The number of hydrogen-bond donors (Lipinski definition) is 2. The number of carboxylic acids is 1. The van der Waals surface area contributed by atoms with Crippen LogP contribution in [0.3, 0.4) is 0 Å². The molecule has 2 amide bonds. The van der Waals surface area contributed by atoms with Crippen LogP contribution in [0.15, 0.2) is 91.0 Å². The van der Waals surface area contributed by atoms with Crippen LogP contribution in [0.1, 0.15) is 53.6 Å². The molecule has 3 fully saturated rings. The monoisotopic (exact) mass is 594 g/mol. The number of carbonyl (C=O) groups is 3. The zero-order chi connectivity index (χ0) is 30.6. The Morgan fingerprint density at radius 2 is 1.39 bits per heavy atom. The van der Waals surface area contributed by atoms with E-state index < -0.39 is 17.3 Å². The molecule has 0 aliphatic carbocycles. The molecule has 8 nitrogen and oxygen atoms in total. The Balaban J connectivity index is 1.14. The molecule has 44 heavy (non-hydrogen) atoms. The lowest BCUT2D eigenvalue weighted by molar-refractivity contribution is -0.142. The van der Waals surface area contributed by atoms with Gasteiger partial charge in [-0.15, -0.1) is 0 Å². The molecule has 3 aromatic carbocycles. The number of rotatable bonds is 9. The lowest BCUT2D eigenvalue weighted by atomic mass is 9.71. The van der Waals surface area contributed by atoms with Crippen LogP contribution in [-0.4, -0.2) is 83.5 Å². The number of piperidine rings is 1. The molecule has 230 valence electrons. The molecule has 0 saturated carbocycles. The lowest BCUT2D eigenvalue weighted by Crippen LogP contribution is -2.55. The molecule has 2 atom stereocenters. The van der Waals surface area contributed by atoms with Crippen LogP contribution in [0.2, 0.25) is 0 Å². The molecular weight excluding hydrogens is 552 g/mol. The Kier molecular flexibility index (Phi) is 8.82. The maximum absolute atomic E-state index is 13.9. The highest BCUT2D eigenvalue weighted by Crippen LogP contribution is 2.40. The fourth-order valence-corrected chi connectivity index (χ4v) is 7.43. The average Bonchev–Trinajstić information content (AvgIpc) is 3.74. The van der Waals surface area contributed by atoms with Crippen LogP contribution in [0, 0.1) is 5.92 Å². The van der Waals surface area contributed by atoms with Crippen molar-refractivity contribution < 1.29 is 19.5 Å². The molecule has 0 aromatic heterocycles. The molecule has 0 bridgehead atoms. The highest BCUT2D eigenvalue weighted by atomic mass is 16.4. The number of amides is 2. The number of benzene rings is 3. The third-order valence-electron chi connectivity index (χ3n) is 10.2. The summed E-state index contributed by atoms with van der Waals surface area (Å²) < 4.78 is 0. The SMILES string of the molecule is O=C(O)C1CCN(NC(=O)C2(c3ccccc3)CCN(CCC3(c4ccccc4)CCN(C(=O)c4ccccc4)C3)CC2)C1. The molecule has 3 saturated heterocycles. The Labute approximate surface area is 259 Å². The second kappa shape index (κ2) is 12.9. The maximum atomic E-state index is 13.9. The second-order valence-corrected chi connectivity index (χ2v) is 12.7. The van der Waals surface area contributed by atoms with Gasteiger partial charge in [0.15, 0.2) is 0 Å². The van der Waals surface area contributed by atoms with Crippen molar-refractivity contribution in [1.82, 2.24) is 20.2 Å². The second-order valence-electron chi connectivity index (χ2n) is 12.7. The fourth-order valence-electron chi connectivity index (χ4n) is 7.43. The predicted molar refractivity (Wildman–Crippen MR) is 169 cm³/mol. The van der Waals surface area contributed by atoms with E-state index in [0.29, 0.717) is 38.9 Å². The molecule has 3 aliphatic heterocycles. The zero-order valence-corrected chi connectivity index (χ0v) is 25.2. The maximum Gasteiger partial charge on any atom is 0.307 e. The van der Waals surface area contributed by atoms with E-state index in [4.69, 9.17) is 0 Å². The minimum atomic E-state index is -0.809. The first-order valence-electron chi connectivity index (χ1n) is 15.9. The summed E-state index contributed by atoms with van der Waals surface area (Å²) in [6.07, 6.45) is 3.78. The highest BCUT2D eigenvalue weighted by molar-refractivity contribution is 5.94. The highest BCUT2D eigenvalue weighted by Gasteiger charge is 2.46. The topological polar surface area (TPSA) is 93.2 Å². The van der Waals surface area contributed by atoms with E-state index in [2.05, 4.69) is 34.6 Å². The van der Waals surface area contributed by atoms with E-state index in [0.717, 1.165) is 50.1 Å². The zero-order valence-electron chi connectivity index (χ0n) is 25.2. The Bertz CT molecular complexity index is 1440. The third kappa shape index (κ3) is 6.14. The van der Waals surface area contributed by atoms with Gasteiger partial charge in [0.25, 0.3) is 5.91 Å². The number of likely N-dealkylation sites (tertiary alicyclic amines) is 2. The van der Waals surface area contributed by atoms with Gasteiger partial charge in [0.1, 0.15) is 0 Å². The van der Waals surface area contributed by atoms with Gasteiger partial charge in [-0.05, 0) is 75.0 Å². The van der Waals surface area contributed by atoms with Gasteiger partial charge in [-0.1, -0.05) is 78.9 Å². The number of nitrogens with one attached hydrogen (secondary N) is 1. The molecule has 2 unspecified atom stereocenters. The molecule has 0 spiro atoms. The predicted octanol–water partition coefficient (Wildman–Crippen LogP) is 4.33. The molecule has 8 heteroatoms. The van der Waals surface area contributed by atoms with Gasteiger partial charge in [-0.3, -0.25) is 19.8 Å². The summed E-state index contributed by atoms with van der Waals surface area (Å²) in [5.41, 5.74) is 5.34. The van der Waals surface area contributed by atoms with Crippen molar-refractivity contribution >= 4 is 17.8 Å². The summed E-state index contributed by atoms with van der Waals surface area (Å²) in [5, 5.41) is 11.2. The summed E-state index contributed by atoms with van der Waals surface area (Å²) in [4.78, 5) is 43.2. The van der Waals surface area contributed by atoms with Crippen LogP contribution in [-0.2, 0) is 20.4 Å². The van der Waals surface area contributed by atoms with Crippen LogP contribution in [0.25, 0.3) is 0 Å². The molecular formula is C36H42N4O4. The molecule has 0 radical (unpaired) electrons. The van der Waals surface area contributed by atoms with Crippen LogP contribution in [0.4, 0.5) is 0 Å². The average molecular weight is 595 g/mol. The van der Waals surface area contributed by atoms with Crippen molar-refractivity contribution in [2.75, 3.05) is 45.8 Å². The quantitative estimate of drug-likeness (QED) is 0.383. The summed E-state index contributed by atoms with van der Waals surface area (Å²) in [6, 6.07) is 30.2. The number of carboxylic acid groups (broad SMARTS) is 1. The summed E-state index contributed by atoms with van der Waals surface area (Å²) in [6.45, 7) is 4.78. The van der Waals surface area contributed by atoms with Gasteiger partial charge in [-0.2, -0.15) is 0 Å². The summed E-state index contributed by atoms with van der Waals surface area (Å²) in [7, 11) is 0. The van der Waals surface area contributed by atoms with Crippen molar-refractivity contribution in [2.45, 2.75) is 42.9 Å².